The lowest BCUT2D eigenvalue weighted by molar-refractivity contribution is 0.140. The van der Waals surface area contributed by atoms with E-state index in [-0.39, 0.29) is 12.0 Å². The van der Waals surface area contributed by atoms with Crippen molar-refractivity contribution >= 4 is 22.2 Å². The van der Waals surface area contributed by atoms with Crippen molar-refractivity contribution in [1.29, 1.82) is 0 Å². The molecule has 25 heavy (non-hydrogen) atoms. The largest absolute Gasteiger partial charge is 0.391 e. The predicted molar refractivity (Wildman–Crippen MR) is 102 cm³/mol. The average Bonchev–Trinajstić information content (AvgIpc) is 3.09. The number of aromatic nitrogens is 2. The Kier molecular flexibility index (Phi) is 4.54. The first-order valence-electron chi connectivity index (χ1n) is 8.76. The van der Waals surface area contributed by atoms with Gasteiger partial charge in [-0.15, -0.1) is 11.3 Å². The number of thiazole rings is 1. The molecule has 130 valence electrons. The highest BCUT2D eigenvalue weighted by Crippen LogP contribution is 2.25. The van der Waals surface area contributed by atoms with Crippen LogP contribution in [0.15, 0.2) is 36.4 Å². The van der Waals surface area contributed by atoms with Crippen LogP contribution >= 0.6 is 11.3 Å². The number of rotatable bonds is 4. The van der Waals surface area contributed by atoms with Gasteiger partial charge in [-0.2, -0.15) is 0 Å². The molecule has 0 spiro atoms. The molecule has 1 aliphatic heterocycles. The molecule has 0 amide bonds. The molecule has 2 aromatic heterocycles. The molecule has 0 bridgehead atoms. The van der Waals surface area contributed by atoms with Crippen LogP contribution in [0.5, 0.6) is 0 Å². The van der Waals surface area contributed by atoms with Gasteiger partial charge in [0, 0.05) is 35.0 Å². The average molecular weight is 353 g/mol. The van der Waals surface area contributed by atoms with Crippen molar-refractivity contribution in [2.24, 2.45) is 5.92 Å². The number of benzene rings is 1. The molecule has 4 nitrogen and oxygen atoms in total. The monoisotopic (exact) mass is 353 g/mol. The fraction of sp³-hybridized carbons (Fsp3) is 0.400. The number of aliphatic hydroxyl groups excluding tert-OH is 1. The molecular weight excluding hydrogens is 330 g/mol. The molecule has 0 aliphatic carbocycles. The summed E-state index contributed by atoms with van der Waals surface area (Å²) in [6.45, 7) is 6.62. The molecule has 0 radical (unpaired) electrons. The van der Waals surface area contributed by atoms with Crippen molar-refractivity contribution in [2.75, 3.05) is 13.1 Å². The SMILES string of the molecule is Cc1nc(CN2C[C@@H](Cc3ccc4ccccc4n3)[C@H](O)C2)sc1C. The van der Waals surface area contributed by atoms with Crippen LogP contribution in [0.25, 0.3) is 10.9 Å². The number of hydrogen-bond donors (Lipinski definition) is 1. The number of aryl methyl sites for hydroxylation is 2. The lowest BCUT2D eigenvalue weighted by Crippen LogP contribution is -2.21. The fourth-order valence-electron chi connectivity index (χ4n) is 3.56. The third kappa shape index (κ3) is 3.59. The Balaban J connectivity index is 1.43. The van der Waals surface area contributed by atoms with E-state index in [1.54, 1.807) is 11.3 Å². The van der Waals surface area contributed by atoms with E-state index in [1.807, 2.05) is 18.2 Å². The Labute approximate surface area is 152 Å². The minimum absolute atomic E-state index is 0.232. The molecule has 1 saturated heterocycles. The van der Waals surface area contributed by atoms with Gasteiger partial charge in [-0.1, -0.05) is 24.3 Å². The molecule has 0 saturated carbocycles. The molecule has 1 aliphatic rings. The molecule has 3 heterocycles. The second-order valence-corrected chi connectivity index (χ2v) is 8.26. The molecule has 4 rings (SSSR count). The highest BCUT2D eigenvalue weighted by atomic mass is 32.1. The van der Waals surface area contributed by atoms with Crippen molar-refractivity contribution in [3.05, 3.63) is 57.7 Å². The first kappa shape index (κ1) is 16.6. The zero-order chi connectivity index (χ0) is 17.4. The summed E-state index contributed by atoms with van der Waals surface area (Å²) >= 11 is 1.76. The van der Waals surface area contributed by atoms with Gasteiger partial charge in [0.15, 0.2) is 0 Å². The summed E-state index contributed by atoms with van der Waals surface area (Å²) in [6, 6.07) is 12.4. The van der Waals surface area contributed by atoms with Gasteiger partial charge in [-0.3, -0.25) is 9.88 Å². The second kappa shape index (κ2) is 6.83. The molecule has 2 atom stereocenters. The van der Waals surface area contributed by atoms with Crippen LogP contribution in [0.1, 0.15) is 21.3 Å². The maximum Gasteiger partial charge on any atom is 0.107 e. The lowest BCUT2D eigenvalue weighted by Gasteiger charge is -2.14. The number of β-amino-alcohol motifs (C(OH)–C–C–N with tert-alkyl or cyclic N) is 1. The van der Waals surface area contributed by atoms with Gasteiger partial charge in [-0.25, -0.2) is 4.98 Å². The first-order valence-corrected chi connectivity index (χ1v) is 9.58. The Morgan fingerprint density at radius 1 is 1.12 bits per heavy atom. The summed E-state index contributed by atoms with van der Waals surface area (Å²) in [5.41, 5.74) is 3.21. The minimum atomic E-state index is -0.296. The number of aliphatic hydroxyl groups is 1. The van der Waals surface area contributed by atoms with E-state index >= 15 is 0 Å². The number of para-hydroxylation sites is 1. The molecule has 1 fully saturated rings. The molecule has 1 N–H and O–H groups in total. The van der Waals surface area contributed by atoms with E-state index in [0.29, 0.717) is 0 Å². The molecule has 1 aromatic carbocycles. The van der Waals surface area contributed by atoms with Gasteiger partial charge in [0.25, 0.3) is 0 Å². The smallest absolute Gasteiger partial charge is 0.107 e. The molecule has 3 aromatic rings. The van der Waals surface area contributed by atoms with Gasteiger partial charge in [0.1, 0.15) is 5.01 Å². The summed E-state index contributed by atoms with van der Waals surface area (Å²) < 4.78 is 0. The second-order valence-electron chi connectivity index (χ2n) is 6.97. The van der Waals surface area contributed by atoms with Crippen LogP contribution in [0.4, 0.5) is 0 Å². The number of likely N-dealkylation sites (tertiary alicyclic amines) is 1. The maximum atomic E-state index is 10.5. The van der Waals surface area contributed by atoms with Crippen LogP contribution in [0.2, 0.25) is 0 Å². The Morgan fingerprint density at radius 3 is 2.76 bits per heavy atom. The summed E-state index contributed by atoms with van der Waals surface area (Å²) in [7, 11) is 0. The summed E-state index contributed by atoms with van der Waals surface area (Å²) in [5, 5.41) is 12.8. The fourth-order valence-corrected chi connectivity index (χ4v) is 4.54. The maximum absolute atomic E-state index is 10.5. The third-order valence-electron chi connectivity index (χ3n) is 5.04. The lowest BCUT2D eigenvalue weighted by atomic mass is 9.99. The topological polar surface area (TPSA) is 49.2 Å². The van der Waals surface area contributed by atoms with Crippen molar-refractivity contribution < 1.29 is 5.11 Å². The van der Waals surface area contributed by atoms with Gasteiger partial charge in [-0.05, 0) is 32.4 Å². The highest BCUT2D eigenvalue weighted by molar-refractivity contribution is 7.11. The zero-order valence-electron chi connectivity index (χ0n) is 14.6. The number of fused-ring (bicyclic) bond motifs is 1. The standard InChI is InChI=1S/C20H23N3OS/c1-13-14(2)25-20(21-13)12-23-10-16(19(24)11-23)9-17-8-7-15-5-3-4-6-18(15)22-17/h3-8,16,19,24H,9-12H2,1-2H3/t16-,19-/m1/s1. The van der Waals surface area contributed by atoms with Gasteiger partial charge >= 0.3 is 0 Å². The van der Waals surface area contributed by atoms with E-state index in [1.165, 1.54) is 4.88 Å². The van der Waals surface area contributed by atoms with E-state index in [9.17, 15) is 5.11 Å². The number of nitrogens with zero attached hydrogens (tertiary/aromatic N) is 3. The number of hydrogen-bond acceptors (Lipinski definition) is 5. The summed E-state index contributed by atoms with van der Waals surface area (Å²) in [6.07, 6.45) is 0.522. The van der Waals surface area contributed by atoms with Gasteiger partial charge in [0.05, 0.1) is 23.9 Å². The zero-order valence-corrected chi connectivity index (χ0v) is 15.5. The Hall–Kier alpha value is -1.82. The highest BCUT2D eigenvalue weighted by Gasteiger charge is 2.32. The van der Waals surface area contributed by atoms with E-state index in [0.717, 1.165) is 53.4 Å². The van der Waals surface area contributed by atoms with Crippen molar-refractivity contribution in [2.45, 2.75) is 32.9 Å². The summed E-state index contributed by atoms with van der Waals surface area (Å²) in [5.74, 6) is 0.232. The van der Waals surface area contributed by atoms with Crippen LogP contribution in [-0.2, 0) is 13.0 Å². The van der Waals surface area contributed by atoms with E-state index in [4.69, 9.17) is 4.98 Å². The van der Waals surface area contributed by atoms with Crippen LogP contribution in [0.3, 0.4) is 0 Å². The normalized spacial score (nSPS) is 21.2. The Bertz CT molecular complexity index is 872. The van der Waals surface area contributed by atoms with E-state index in [2.05, 4.69) is 41.9 Å². The minimum Gasteiger partial charge on any atom is -0.391 e. The van der Waals surface area contributed by atoms with Crippen molar-refractivity contribution in [3.63, 3.8) is 0 Å². The molecule has 5 heteroatoms. The quantitative estimate of drug-likeness (QED) is 0.781. The van der Waals surface area contributed by atoms with Gasteiger partial charge in [0.2, 0.25) is 0 Å². The molecular formula is C20H23N3OS. The van der Waals surface area contributed by atoms with Crippen LogP contribution < -0.4 is 0 Å². The van der Waals surface area contributed by atoms with Crippen molar-refractivity contribution in [3.8, 4) is 0 Å². The van der Waals surface area contributed by atoms with Crippen molar-refractivity contribution in [1.82, 2.24) is 14.9 Å². The first-order chi connectivity index (χ1) is 12.1. The number of pyridine rings is 1. The predicted octanol–water partition coefficient (Wildman–Crippen LogP) is 3.34. The van der Waals surface area contributed by atoms with Crippen LogP contribution in [-0.4, -0.2) is 39.2 Å². The Morgan fingerprint density at radius 2 is 1.96 bits per heavy atom. The molecule has 0 unspecified atom stereocenters. The third-order valence-corrected chi connectivity index (χ3v) is 6.10. The van der Waals surface area contributed by atoms with E-state index < -0.39 is 0 Å². The summed E-state index contributed by atoms with van der Waals surface area (Å²) in [4.78, 5) is 13.0. The van der Waals surface area contributed by atoms with Crippen LogP contribution in [0, 0.1) is 19.8 Å². The van der Waals surface area contributed by atoms with Gasteiger partial charge < -0.3 is 5.11 Å².